The smallest absolute Gasteiger partial charge is 0.179 e. The van der Waals surface area contributed by atoms with Crippen molar-refractivity contribution < 1.29 is 0 Å². The highest BCUT2D eigenvalue weighted by Gasteiger charge is 2.19. The van der Waals surface area contributed by atoms with Gasteiger partial charge in [0.05, 0.1) is 6.54 Å². The zero-order valence-electron chi connectivity index (χ0n) is 10.6. The Labute approximate surface area is 120 Å². The SMILES string of the molecule is Brc1cccc(Cn2nnc(C3CCCNC3)n2)c1. The van der Waals surface area contributed by atoms with Crippen LogP contribution in [0.25, 0.3) is 0 Å². The summed E-state index contributed by atoms with van der Waals surface area (Å²) in [5.74, 6) is 1.27. The predicted octanol–water partition coefficient (Wildman–Crippen LogP) is 1.95. The highest BCUT2D eigenvalue weighted by molar-refractivity contribution is 9.10. The van der Waals surface area contributed by atoms with E-state index in [4.69, 9.17) is 0 Å². The van der Waals surface area contributed by atoms with Gasteiger partial charge in [-0.25, -0.2) is 0 Å². The first-order valence-corrected chi connectivity index (χ1v) is 7.33. The van der Waals surface area contributed by atoms with Crippen LogP contribution in [0.4, 0.5) is 0 Å². The van der Waals surface area contributed by atoms with E-state index in [0.29, 0.717) is 12.5 Å². The second kappa shape index (κ2) is 5.79. The Bertz CT molecular complexity index is 547. The van der Waals surface area contributed by atoms with Crippen molar-refractivity contribution in [3.8, 4) is 0 Å². The van der Waals surface area contributed by atoms with Crippen molar-refractivity contribution in [1.82, 2.24) is 25.5 Å². The molecule has 3 rings (SSSR count). The number of benzene rings is 1. The van der Waals surface area contributed by atoms with Gasteiger partial charge in [-0.05, 0) is 42.3 Å². The third kappa shape index (κ3) is 3.19. The molecule has 0 spiro atoms. The molecule has 2 heterocycles. The number of rotatable bonds is 3. The van der Waals surface area contributed by atoms with Crippen LogP contribution in [-0.2, 0) is 6.54 Å². The maximum absolute atomic E-state index is 4.50. The van der Waals surface area contributed by atoms with Crippen LogP contribution in [0.15, 0.2) is 28.7 Å². The van der Waals surface area contributed by atoms with E-state index < -0.39 is 0 Å². The Morgan fingerprint density at radius 1 is 1.42 bits per heavy atom. The molecule has 0 radical (unpaired) electrons. The van der Waals surface area contributed by atoms with Gasteiger partial charge in [0, 0.05) is 16.9 Å². The molecule has 1 aliphatic heterocycles. The van der Waals surface area contributed by atoms with Gasteiger partial charge in [-0.1, -0.05) is 28.1 Å². The van der Waals surface area contributed by atoms with Crippen LogP contribution in [0.3, 0.4) is 0 Å². The number of nitrogens with one attached hydrogen (secondary N) is 1. The molecule has 19 heavy (non-hydrogen) atoms. The molecule has 1 fully saturated rings. The quantitative estimate of drug-likeness (QED) is 0.938. The summed E-state index contributed by atoms with van der Waals surface area (Å²) in [5, 5.41) is 16.2. The number of aromatic nitrogens is 4. The maximum atomic E-state index is 4.50. The van der Waals surface area contributed by atoms with E-state index in [2.05, 4.69) is 48.8 Å². The van der Waals surface area contributed by atoms with E-state index in [1.165, 1.54) is 12.0 Å². The Morgan fingerprint density at radius 3 is 3.16 bits per heavy atom. The Kier molecular flexibility index (Phi) is 3.89. The lowest BCUT2D eigenvalue weighted by Gasteiger charge is -2.19. The number of halogens is 1. The van der Waals surface area contributed by atoms with E-state index in [1.807, 2.05) is 12.1 Å². The summed E-state index contributed by atoms with van der Waals surface area (Å²) < 4.78 is 1.07. The molecule has 1 aromatic carbocycles. The number of nitrogens with zero attached hydrogens (tertiary/aromatic N) is 4. The van der Waals surface area contributed by atoms with Gasteiger partial charge in [-0.3, -0.25) is 0 Å². The summed E-state index contributed by atoms with van der Waals surface area (Å²) in [5.41, 5.74) is 1.17. The summed E-state index contributed by atoms with van der Waals surface area (Å²) in [7, 11) is 0. The first-order chi connectivity index (χ1) is 9.31. The molecule has 1 saturated heterocycles. The van der Waals surface area contributed by atoms with Crippen molar-refractivity contribution in [1.29, 1.82) is 0 Å². The van der Waals surface area contributed by atoms with Crippen molar-refractivity contribution >= 4 is 15.9 Å². The number of piperidine rings is 1. The highest BCUT2D eigenvalue weighted by Crippen LogP contribution is 2.19. The monoisotopic (exact) mass is 321 g/mol. The zero-order valence-corrected chi connectivity index (χ0v) is 12.2. The molecule has 1 unspecified atom stereocenters. The van der Waals surface area contributed by atoms with Crippen molar-refractivity contribution in [2.45, 2.75) is 25.3 Å². The van der Waals surface area contributed by atoms with Crippen molar-refractivity contribution in [3.05, 3.63) is 40.1 Å². The molecule has 1 aromatic heterocycles. The summed E-state index contributed by atoms with van der Waals surface area (Å²) in [6.45, 7) is 2.72. The molecule has 1 N–H and O–H groups in total. The molecule has 1 aliphatic rings. The van der Waals surface area contributed by atoms with Crippen molar-refractivity contribution in [3.63, 3.8) is 0 Å². The first-order valence-electron chi connectivity index (χ1n) is 6.54. The lowest BCUT2D eigenvalue weighted by molar-refractivity contribution is 0.444. The van der Waals surface area contributed by atoms with Crippen molar-refractivity contribution in [2.24, 2.45) is 0 Å². The fraction of sp³-hybridized carbons (Fsp3) is 0.462. The molecule has 5 nitrogen and oxygen atoms in total. The third-order valence-electron chi connectivity index (χ3n) is 3.34. The molecule has 1 atom stereocenters. The highest BCUT2D eigenvalue weighted by atomic mass is 79.9. The average molecular weight is 322 g/mol. The maximum Gasteiger partial charge on any atom is 0.179 e. The molecule has 100 valence electrons. The standard InChI is InChI=1S/C13H16BrN5/c14-12-5-1-3-10(7-12)9-19-17-13(16-18-19)11-4-2-6-15-8-11/h1,3,5,7,11,15H,2,4,6,8-9H2. The van der Waals surface area contributed by atoms with E-state index in [9.17, 15) is 0 Å². The van der Waals surface area contributed by atoms with Gasteiger partial charge in [0.25, 0.3) is 0 Å². The van der Waals surface area contributed by atoms with Crippen molar-refractivity contribution in [2.75, 3.05) is 13.1 Å². The number of hydrogen-bond donors (Lipinski definition) is 1. The van der Waals surface area contributed by atoms with Crippen LogP contribution in [0.1, 0.15) is 30.1 Å². The van der Waals surface area contributed by atoms with Gasteiger partial charge in [-0.2, -0.15) is 4.80 Å². The van der Waals surface area contributed by atoms with Gasteiger partial charge in [-0.15, -0.1) is 10.2 Å². The van der Waals surface area contributed by atoms with Gasteiger partial charge in [0.2, 0.25) is 0 Å². The van der Waals surface area contributed by atoms with E-state index in [0.717, 1.165) is 29.8 Å². The summed E-state index contributed by atoms with van der Waals surface area (Å²) in [6.07, 6.45) is 2.33. The molecule has 2 aromatic rings. The fourth-order valence-corrected chi connectivity index (χ4v) is 2.80. The third-order valence-corrected chi connectivity index (χ3v) is 3.84. The van der Waals surface area contributed by atoms with Crippen LogP contribution in [0, 0.1) is 0 Å². The lowest BCUT2D eigenvalue weighted by Crippen LogP contribution is -2.29. The van der Waals surface area contributed by atoms with Gasteiger partial charge >= 0.3 is 0 Å². The Morgan fingerprint density at radius 2 is 2.37 bits per heavy atom. The summed E-state index contributed by atoms with van der Waals surface area (Å²) in [4.78, 5) is 1.67. The van der Waals surface area contributed by atoms with E-state index in [-0.39, 0.29) is 0 Å². The normalized spacial score (nSPS) is 19.5. The summed E-state index contributed by atoms with van der Waals surface area (Å²) >= 11 is 3.47. The van der Waals surface area contributed by atoms with E-state index >= 15 is 0 Å². The van der Waals surface area contributed by atoms with Crippen LogP contribution in [-0.4, -0.2) is 33.3 Å². The minimum absolute atomic E-state index is 0.407. The van der Waals surface area contributed by atoms with E-state index in [1.54, 1.807) is 4.80 Å². The van der Waals surface area contributed by atoms with Gasteiger partial charge < -0.3 is 5.32 Å². The Hall–Kier alpha value is -1.27. The van der Waals surface area contributed by atoms with Gasteiger partial charge in [0.15, 0.2) is 5.82 Å². The van der Waals surface area contributed by atoms with Gasteiger partial charge in [0.1, 0.15) is 0 Å². The Balaban J connectivity index is 1.70. The van der Waals surface area contributed by atoms with Crippen LogP contribution in [0.2, 0.25) is 0 Å². The minimum atomic E-state index is 0.407. The molecule has 0 bridgehead atoms. The zero-order chi connectivity index (χ0) is 13.1. The summed E-state index contributed by atoms with van der Waals surface area (Å²) in [6, 6.07) is 8.17. The van der Waals surface area contributed by atoms with Crippen LogP contribution in [0.5, 0.6) is 0 Å². The minimum Gasteiger partial charge on any atom is -0.316 e. The molecule has 6 heteroatoms. The fourth-order valence-electron chi connectivity index (χ4n) is 2.36. The second-order valence-electron chi connectivity index (χ2n) is 4.85. The lowest BCUT2D eigenvalue weighted by atomic mass is 9.99. The predicted molar refractivity (Wildman–Crippen MR) is 75.9 cm³/mol. The molecule has 0 aliphatic carbocycles. The second-order valence-corrected chi connectivity index (χ2v) is 5.77. The van der Waals surface area contributed by atoms with Crippen LogP contribution >= 0.6 is 15.9 Å². The first kappa shape index (κ1) is 12.7. The molecule has 0 amide bonds. The van der Waals surface area contributed by atoms with Crippen LogP contribution < -0.4 is 5.32 Å². The number of tetrazole rings is 1. The number of hydrogen-bond acceptors (Lipinski definition) is 4. The largest absolute Gasteiger partial charge is 0.316 e. The molecular weight excluding hydrogens is 306 g/mol. The molecule has 0 saturated carbocycles. The molecular formula is C13H16BrN5. The topological polar surface area (TPSA) is 55.6 Å². The average Bonchev–Trinajstić information content (AvgIpc) is 2.88.